The van der Waals surface area contributed by atoms with Crippen LogP contribution in [0.4, 0.5) is 0 Å². The van der Waals surface area contributed by atoms with Crippen molar-refractivity contribution in [3.05, 3.63) is 53.6 Å². The van der Waals surface area contributed by atoms with Gasteiger partial charge in [-0.2, -0.15) is 0 Å². The second kappa shape index (κ2) is 8.89. The average molecular weight is 347 g/mol. The summed E-state index contributed by atoms with van der Waals surface area (Å²) in [6.07, 6.45) is 1.68. The number of rotatable bonds is 8. The van der Waals surface area contributed by atoms with Crippen molar-refractivity contribution in [3.8, 4) is 10.6 Å². The van der Waals surface area contributed by atoms with Crippen molar-refractivity contribution < 1.29 is 4.79 Å². The van der Waals surface area contributed by atoms with Crippen molar-refractivity contribution in [2.24, 2.45) is 0 Å². The van der Waals surface area contributed by atoms with E-state index in [1.165, 1.54) is 5.56 Å². The fourth-order valence-electron chi connectivity index (χ4n) is 2.00. The molecule has 1 N–H and O–H groups in total. The van der Waals surface area contributed by atoms with Gasteiger partial charge in [0.25, 0.3) is 0 Å². The van der Waals surface area contributed by atoms with Crippen molar-refractivity contribution in [1.82, 2.24) is 10.3 Å². The lowest BCUT2D eigenvalue weighted by Gasteiger charge is -2.05. The molecule has 1 aromatic heterocycles. The molecule has 1 heterocycles. The lowest BCUT2D eigenvalue weighted by atomic mass is 10.0. The molecular weight excluding hydrogens is 324 g/mol. The van der Waals surface area contributed by atoms with Gasteiger partial charge in [-0.05, 0) is 11.5 Å². The molecule has 0 bridgehead atoms. The van der Waals surface area contributed by atoms with Gasteiger partial charge in [0.15, 0.2) is 0 Å². The Morgan fingerprint density at radius 1 is 1.39 bits per heavy atom. The van der Waals surface area contributed by atoms with E-state index in [0.29, 0.717) is 18.2 Å². The predicted octanol–water partition coefficient (Wildman–Crippen LogP) is 4.47. The summed E-state index contributed by atoms with van der Waals surface area (Å²) in [5, 5.41) is 5.87. The third-order valence-corrected chi connectivity index (χ3v) is 5.21. The van der Waals surface area contributed by atoms with Crippen molar-refractivity contribution in [2.45, 2.75) is 25.5 Å². The number of thiazole rings is 1. The number of nitrogens with zero attached hydrogens (tertiary/aromatic N) is 1. The van der Waals surface area contributed by atoms with E-state index in [1.54, 1.807) is 29.2 Å². The Balaban J connectivity index is 1.88. The molecule has 23 heavy (non-hydrogen) atoms. The Hall–Kier alpha value is -1.59. The standard InChI is InChI=1S/C18H22N2OS2/c1-4-9-19-17(21)12-22-10-16-11-23-18(20-16)15-7-5-14(6-8-15)13(2)3/h4-8,11,13H,1,9-10,12H2,2-3H3,(H,19,21). The maximum absolute atomic E-state index is 11.5. The number of aromatic nitrogens is 1. The van der Waals surface area contributed by atoms with Crippen molar-refractivity contribution in [1.29, 1.82) is 0 Å². The van der Waals surface area contributed by atoms with E-state index in [1.807, 2.05) is 0 Å². The number of carbonyl (C=O) groups excluding carboxylic acids is 1. The second-order valence-corrected chi connectivity index (χ2v) is 7.35. The molecule has 122 valence electrons. The molecule has 0 saturated heterocycles. The number of amides is 1. The number of hydrogen-bond acceptors (Lipinski definition) is 4. The van der Waals surface area contributed by atoms with Gasteiger partial charge in [0.2, 0.25) is 5.91 Å². The molecule has 0 aliphatic carbocycles. The maximum atomic E-state index is 11.5. The maximum Gasteiger partial charge on any atom is 0.230 e. The normalized spacial score (nSPS) is 10.7. The molecule has 0 fully saturated rings. The van der Waals surface area contributed by atoms with Gasteiger partial charge >= 0.3 is 0 Å². The largest absolute Gasteiger partial charge is 0.352 e. The molecule has 0 radical (unpaired) electrons. The summed E-state index contributed by atoms with van der Waals surface area (Å²) in [5.41, 5.74) is 3.52. The third-order valence-electron chi connectivity index (χ3n) is 3.30. The molecule has 3 nitrogen and oxygen atoms in total. The monoisotopic (exact) mass is 346 g/mol. The van der Waals surface area contributed by atoms with Crippen LogP contribution in [0.1, 0.15) is 31.0 Å². The SMILES string of the molecule is C=CCNC(=O)CSCc1csc(-c2ccc(C(C)C)cc2)n1. The third kappa shape index (κ3) is 5.52. The minimum Gasteiger partial charge on any atom is -0.352 e. The first-order valence-corrected chi connectivity index (χ1v) is 9.63. The van der Waals surface area contributed by atoms with Gasteiger partial charge in [-0.3, -0.25) is 4.79 Å². The Labute approximate surface area is 146 Å². The summed E-state index contributed by atoms with van der Waals surface area (Å²) >= 11 is 3.23. The van der Waals surface area contributed by atoms with Crippen molar-refractivity contribution in [3.63, 3.8) is 0 Å². The fourth-order valence-corrected chi connectivity index (χ4v) is 3.68. The Bertz CT molecular complexity index is 647. The van der Waals surface area contributed by atoms with Crippen LogP contribution in [0.3, 0.4) is 0 Å². The molecular formula is C18H22N2OS2. The van der Waals surface area contributed by atoms with Gasteiger partial charge in [0.1, 0.15) is 5.01 Å². The first-order valence-electron chi connectivity index (χ1n) is 7.60. The Kier molecular flexibility index (Phi) is 6.86. The number of nitrogens with one attached hydrogen (secondary N) is 1. The van der Waals surface area contributed by atoms with E-state index in [0.717, 1.165) is 22.0 Å². The number of benzene rings is 1. The Morgan fingerprint density at radius 3 is 2.78 bits per heavy atom. The zero-order chi connectivity index (χ0) is 16.7. The van der Waals surface area contributed by atoms with E-state index >= 15 is 0 Å². The Morgan fingerprint density at radius 2 is 2.13 bits per heavy atom. The summed E-state index contributed by atoms with van der Waals surface area (Å²) < 4.78 is 0. The molecule has 2 aromatic rings. The molecule has 0 aliphatic rings. The summed E-state index contributed by atoms with van der Waals surface area (Å²) in [5.74, 6) is 1.78. The van der Waals surface area contributed by atoms with Crippen LogP contribution in [0.5, 0.6) is 0 Å². The highest BCUT2D eigenvalue weighted by Crippen LogP contribution is 2.27. The van der Waals surface area contributed by atoms with Crippen LogP contribution in [0.15, 0.2) is 42.3 Å². The van der Waals surface area contributed by atoms with Crippen LogP contribution in [-0.2, 0) is 10.5 Å². The van der Waals surface area contributed by atoms with Gasteiger partial charge in [-0.15, -0.1) is 29.7 Å². The minimum absolute atomic E-state index is 0.0367. The van der Waals surface area contributed by atoms with E-state index in [-0.39, 0.29) is 5.91 Å². The van der Waals surface area contributed by atoms with Crippen molar-refractivity contribution >= 4 is 29.0 Å². The van der Waals surface area contributed by atoms with Crippen LogP contribution < -0.4 is 5.32 Å². The van der Waals surface area contributed by atoms with E-state index < -0.39 is 0 Å². The molecule has 0 spiro atoms. The zero-order valence-electron chi connectivity index (χ0n) is 13.5. The van der Waals surface area contributed by atoms with Crippen LogP contribution >= 0.6 is 23.1 Å². The van der Waals surface area contributed by atoms with Crippen LogP contribution in [0.25, 0.3) is 10.6 Å². The van der Waals surface area contributed by atoms with Crippen LogP contribution in [0.2, 0.25) is 0 Å². The average Bonchev–Trinajstić information content (AvgIpc) is 3.02. The number of hydrogen-bond donors (Lipinski definition) is 1. The highest BCUT2D eigenvalue weighted by atomic mass is 32.2. The number of thioether (sulfide) groups is 1. The van der Waals surface area contributed by atoms with Crippen molar-refractivity contribution in [2.75, 3.05) is 12.3 Å². The van der Waals surface area contributed by atoms with Gasteiger partial charge in [-0.25, -0.2) is 4.98 Å². The molecule has 5 heteroatoms. The molecule has 0 atom stereocenters. The quantitative estimate of drug-likeness (QED) is 0.717. The smallest absolute Gasteiger partial charge is 0.230 e. The summed E-state index contributed by atoms with van der Waals surface area (Å²) in [6.45, 7) is 8.48. The lowest BCUT2D eigenvalue weighted by molar-refractivity contribution is -0.118. The van der Waals surface area contributed by atoms with E-state index in [4.69, 9.17) is 0 Å². The zero-order valence-corrected chi connectivity index (χ0v) is 15.2. The van der Waals surface area contributed by atoms with Crippen LogP contribution in [-0.4, -0.2) is 23.2 Å². The highest BCUT2D eigenvalue weighted by Gasteiger charge is 2.07. The summed E-state index contributed by atoms with van der Waals surface area (Å²) in [7, 11) is 0. The first-order chi connectivity index (χ1) is 11.1. The molecule has 0 aliphatic heterocycles. The van der Waals surface area contributed by atoms with E-state index in [2.05, 4.69) is 60.4 Å². The molecule has 2 rings (SSSR count). The van der Waals surface area contributed by atoms with Crippen LogP contribution in [0, 0.1) is 0 Å². The molecule has 1 amide bonds. The minimum atomic E-state index is 0.0367. The predicted molar refractivity (Wildman–Crippen MR) is 101 cm³/mol. The van der Waals surface area contributed by atoms with E-state index in [9.17, 15) is 4.79 Å². The fraction of sp³-hybridized carbons (Fsp3) is 0.333. The number of carbonyl (C=O) groups is 1. The van der Waals surface area contributed by atoms with Gasteiger partial charge < -0.3 is 5.32 Å². The van der Waals surface area contributed by atoms with Gasteiger partial charge in [0.05, 0.1) is 11.4 Å². The molecule has 1 aromatic carbocycles. The summed E-state index contributed by atoms with van der Waals surface area (Å²) in [4.78, 5) is 16.2. The van der Waals surface area contributed by atoms with Gasteiger partial charge in [0, 0.05) is 23.2 Å². The first kappa shape index (κ1) is 17.8. The lowest BCUT2D eigenvalue weighted by Crippen LogP contribution is -2.24. The highest BCUT2D eigenvalue weighted by molar-refractivity contribution is 7.99. The molecule has 0 unspecified atom stereocenters. The molecule has 0 saturated carbocycles. The van der Waals surface area contributed by atoms with Gasteiger partial charge in [-0.1, -0.05) is 44.2 Å². The topological polar surface area (TPSA) is 42.0 Å². The summed E-state index contributed by atoms with van der Waals surface area (Å²) in [6, 6.07) is 8.60. The second-order valence-electron chi connectivity index (χ2n) is 5.51.